The first-order valence-corrected chi connectivity index (χ1v) is 9.20. The Labute approximate surface area is 154 Å². The Morgan fingerprint density at radius 2 is 1.96 bits per heavy atom. The van der Waals surface area contributed by atoms with E-state index in [2.05, 4.69) is 0 Å². The lowest BCUT2D eigenvalue weighted by atomic mass is 10.1. The number of non-ortho nitro benzene ring substituents is 1. The molecule has 0 bridgehead atoms. The number of nitrogens with zero attached hydrogens (tertiary/aromatic N) is 2. The highest BCUT2D eigenvalue weighted by molar-refractivity contribution is 8.00. The molecule has 134 valence electrons. The van der Waals surface area contributed by atoms with Crippen LogP contribution in [0.25, 0.3) is 0 Å². The fourth-order valence-electron chi connectivity index (χ4n) is 3.10. The minimum absolute atomic E-state index is 0.0162. The molecule has 7 nitrogen and oxygen atoms in total. The Bertz CT molecular complexity index is 886. The van der Waals surface area contributed by atoms with Gasteiger partial charge in [-0.15, -0.1) is 11.8 Å². The van der Waals surface area contributed by atoms with Crippen molar-refractivity contribution in [1.29, 1.82) is 0 Å². The molecule has 0 unspecified atom stereocenters. The smallest absolute Gasteiger partial charge is 0.269 e. The van der Waals surface area contributed by atoms with Crippen molar-refractivity contribution in [3.8, 4) is 11.5 Å². The second-order valence-corrected chi connectivity index (χ2v) is 7.01. The monoisotopic (exact) mass is 372 g/mol. The van der Waals surface area contributed by atoms with Gasteiger partial charge in [0, 0.05) is 29.3 Å². The van der Waals surface area contributed by atoms with Crippen molar-refractivity contribution < 1.29 is 19.2 Å². The number of anilines is 1. The van der Waals surface area contributed by atoms with E-state index in [9.17, 15) is 14.9 Å². The lowest BCUT2D eigenvalue weighted by Gasteiger charge is -2.19. The fraction of sp³-hybridized carbons (Fsp3) is 0.278. The molecule has 0 fully saturated rings. The second kappa shape index (κ2) is 6.87. The zero-order chi connectivity index (χ0) is 18.1. The zero-order valence-corrected chi connectivity index (χ0v) is 14.7. The number of hydrogen-bond acceptors (Lipinski definition) is 6. The van der Waals surface area contributed by atoms with Gasteiger partial charge in [-0.2, -0.15) is 0 Å². The summed E-state index contributed by atoms with van der Waals surface area (Å²) in [5, 5.41) is 10.9. The molecular formula is C18H16N2O5S. The van der Waals surface area contributed by atoms with Gasteiger partial charge < -0.3 is 14.4 Å². The summed E-state index contributed by atoms with van der Waals surface area (Å²) in [7, 11) is 0. The third-order valence-electron chi connectivity index (χ3n) is 4.35. The molecule has 2 aromatic carbocycles. The molecule has 0 aromatic heterocycles. The van der Waals surface area contributed by atoms with Crippen LogP contribution in [-0.4, -0.2) is 36.3 Å². The highest BCUT2D eigenvalue weighted by Gasteiger charge is 2.26. The highest BCUT2D eigenvalue weighted by Crippen LogP contribution is 2.35. The molecular weight excluding hydrogens is 356 g/mol. The largest absolute Gasteiger partial charge is 0.486 e. The van der Waals surface area contributed by atoms with Gasteiger partial charge in [0.15, 0.2) is 11.5 Å². The Morgan fingerprint density at radius 1 is 1.15 bits per heavy atom. The summed E-state index contributed by atoms with van der Waals surface area (Å²) in [5.74, 6) is 1.70. The van der Waals surface area contributed by atoms with Gasteiger partial charge in [0.1, 0.15) is 13.2 Å². The number of ether oxygens (including phenoxy) is 2. The van der Waals surface area contributed by atoms with E-state index in [0.29, 0.717) is 31.9 Å². The van der Waals surface area contributed by atoms with Gasteiger partial charge in [-0.1, -0.05) is 0 Å². The van der Waals surface area contributed by atoms with Crippen LogP contribution in [0.15, 0.2) is 41.3 Å². The number of thioether (sulfide) groups is 1. The number of carbonyl (C=O) groups excluding carboxylic acids is 1. The molecule has 4 rings (SSSR count). The van der Waals surface area contributed by atoms with Crippen molar-refractivity contribution >= 4 is 29.0 Å². The van der Waals surface area contributed by atoms with E-state index in [1.807, 2.05) is 18.2 Å². The predicted molar refractivity (Wildman–Crippen MR) is 97.3 cm³/mol. The van der Waals surface area contributed by atoms with Gasteiger partial charge in [0.25, 0.3) is 5.69 Å². The van der Waals surface area contributed by atoms with Gasteiger partial charge in [0.05, 0.1) is 10.7 Å². The first-order chi connectivity index (χ1) is 12.6. The van der Waals surface area contributed by atoms with E-state index >= 15 is 0 Å². The zero-order valence-electron chi connectivity index (χ0n) is 13.8. The Morgan fingerprint density at radius 3 is 2.77 bits per heavy atom. The van der Waals surface area contributed by atoms with Crippen LogP contribution < -0.4 is 14.4 Å². The Balaban J connectivity index is 1.43. The minimum Gasteiger partial charge on any atom is -0.486 e. The molecule has 0 radical (unpaired) electrons. The minimum atomic E-state index is -0.414. The fourth-order valence-corrected chi connectivity index (χ4v) is 3.90. The third-order valence-corrected chi connectivity index (χ3v) is 5.33. The molecule has 26 heavy (non-hydrogen) atoms. The maximum atomic E-state index is 12.6. The molecule has 0 saturated carbocycles. The maximum absolute atomic E-state index is 12.6. The summed E-state index contributed by atoms with van der Waals surface area (Å²) in [5.41, 5.74) is 1.67. The topological polar surface area (TPSA) is 81.9 Å². The lowest BCUT2D eigenvalue weighted by Crippen LogP contribution is -2.30. The van der Waals surface area contributed by atoms with Crippen LogP contribution in [0.4, 0.5) is 11.4 Å². The van der Waals surface area contributed by atoms with Crippen LogP contribution in [0.3, 0.4) is 0 Å². The average Bonchev–Trinajstić information content (AvgIpc) is 3.09. The van der Waals surface area contributed by atoms with Gasteiger partial charge in [-0.3, -0.25) is 14.9 Å². The van der Waals surface area contributed by atoms with E-state index in [1.165, 1.54) is 17.8 Å². The molecule has 2 heterocycles. The summed E-state index contributed by atoms with van der Waals surface area (Å²) < 4.78 is 11.1. The molecule has 2 aliphatic rings. The van der Waals surface area contributed by atoms with Crippen LogP contribution in [-0.2, 0) is 11.2 Å². The number of benzene rings is 2. The van der Waals surface area contributed by atoms with E-state index < -0.39 is 4.92 Å². The number of fused-ring (bicyclic) bond motifs is 2. The molecule has 0 aliphatic carbocycles. The molecule has 1 amide bonds. The number of hydrogen-bond donors (Lipinski definition) is 0. The number of amides is 1. The molecule has 0 N–H and O–H groups in total. The molecule has 8 heteroatoms. The summed E-state index contributed by atoms with van der Waals surface area (Å²) in [4.78, 5) is 25.7. The summed E-state index contributed by atoms with van der Waals surface area (Å²) in [6, 6.07) is 10.3. The SMILES string of the molecule is O=C(CSc1ccc2c(c1)OCCO2)N1CCc2cc([N+](=O)[O-])ccc21. The van der Waals surface area contributed by atoms with Crippen molar-refractivity contribution in [2.24, 2.45) is 0 Å². The lowest BCUT2D eigenvalue weighted by molar-refractivity contribution is -0.384. The second-order valence-electron chi connectivity index (χ2n) is 5.96. The first-order valence-electron chi connectivity index (χ1n) is 8.22. The van der Waals surface area contributed by atoms with Gasteiger partial charge in [0.2, 0.25) is 5.91 Å². The van der Waals surface area contributed by atoms with E-state index in [-0.39, 0.29) is 17.3 Å². The van der Waals surface area contributed by atoms with Crippen LogP contribution in [0.2, 0.25) is 0 Å². The van der Waals surface area contributed by atoms with Crippen LogP contribution in [0, 0.1) is 10.1 Å². The number of nitro groups is 1. The van der Waals surface area contributed by atoms with E-state index in [1.54, 1.807) is 17.0 Å². The maximum Gasteiger partial charge on any atom is 0.269 e. The number of nitro benzene ring substituents is 1. The Kier molecular flexibility index (Phi) is 4.42. The molecule has 2 aromatic rings. The normalized spacial score (nSPS) is 14.8. The highest BCUT2D eigenvalue weighted by atomic mass is 32.2. The van der Waals surface area contributed by atoms with Crippen LogP contribution >= 0.6 is 11.8 Å². The predicted octanol–water partition coefficient (Wildman–Crippen LogP) is 3.05. The summed E-state index contributed by atoms with van der Waals surface area (Å²) in [6.07, 6.45) is 0.636. The number of carbonyl (C=O) groups is 1. The van der Waals surface area contributed by atoms with Crippen molar-refractivity contribution in [3.05, 3.63) is 52.1 Å². The van der Waals surface area contributed by atoms with E-state index in [0.717, 1.165) is 21.9 Å². The van der Waals surface area contributed by atoms with Gasteiger partial charge >= 0.3 is 0 Å². The third kappa shape index (κ3) is 3.20. The molecule has 0 spiro atoms. The molecule has 2 aliphatic heterocycles. The molecule has 0 atom stereocenters. The number of rotatable bonds is 4. The summed E-state index contributed by atoms with van der Waals surface area (Å²) in [6.45, 7) is 1.62. The van der Waals surface area contributed by atoms with E-state index in [4.69, 9.17) is 9.47 Å². The first kappa shape index (κ1) is 16.7. The Hall–Kier alpha value is -2.74. The quantitative estimate of drug-likeness (QED) is 0.466. The van der Waals surface area contributed by atoms with Crippen LogP contribution in [0.5, 0.6) is 11.5 Å². The van der Waals surface area contributed by atoms with Crippen molar-refractivity contribution in [1.82, 2.24) is 0 Å². The standard InChI is InChI=1S/C18H16N2O5S/c21-18(11-26-14-2-4-16-17(10-14)25-8-7-24-16)19-6-5-12-9-13(20(22)23)1-3-15(12)19/h1-4,9-10H,5-8,11H2. The molecule has 0 saturated heterocycles. The van der Waals surface area contributed by atoms with Gasteiger partial charge in [-0.25, -0.2) is 0 Å². The van der Waals surface area contributed by atoms with Crippen molar-refractivity contribution in [3.63, 3.8) is 0 Å². The van der Waals surface area contributed by atoms with Crippen molar-refractivity contribution in [2.45, 2.75) is 11.3 Å². The average molecular weight is 372 g/mol. The van der Waals surface area contributed by atoms with Gasteiger partial charge in [-0.05, 0) is 36.2 Å². The van der Waals surface area contributed by atoms with Crippen LogP contribution in [0.1, 0.15) is 5.56 Å². The summed E-state index contributed by atoms with van der Waals surface area (Å²) >= 11 is 1.44. The van der Waals surface area contributed by atoms with Crippen molar-refractivity contribution in [2.75, 3.05) is 30.4 Å².